The molecule has 4 heteroatoms. The van der Waals surface area contributed by atoms with Crippen molar-refractivity contribution >= 4 is 22.8 Å². The highest BCUT2D eigenvalue weighted by Gasteiger charge is 2.30. The largest absolute Gasteiger partial charge is 0.312 e. The molecule has 0 amide bonds. The van der Waals surface area contributed by atoms with Gasteiger partial charge in [0.15, 0.2) is 5.65 Å². The molecule has 1 fully saturated rings. The molecule has 2 aromatic rings. The summed E-state index contributed by atoms with van der Waals surface area (Å²) in [7, 11) is 0. The molecule has 0 aliphatic heterocycles. The van der Waals surface area contributed by atoms with Gasteiger partial charge in [0.2, 0.25) is 0 Å². The van der Waals surface area contributed by atoms with E-state index in [4.69, 9.17) is 16.6 Å². The molecule has 0 atom stereocenters. The van der Waals surface area contributed by atoms with E-state index in [0.29, 0.717) is 11.3 Å². The molecule has 19 heavy (non-hydrogen) atoms. The summed E-state index contributed by atoms with van der Waals surface area (Å²) in [5.41, 5.74) is 2.40. The van der Waals surface area contributed by atoms with Crippen LogP contribution in [0.4, 0.5) is 0 Å². The number of alkyl halides is 1. The lowest BCUT2D eigenvalue weighted by molar-refractivity contribution is 0.281. The van der Waals surface area contributed by atoms with Gasteiger partial charge in [-0.15, -0.1) is 11.6 Å². The van der Waals surface area contributed by atoms with Crippen molar-refractivity contribution in [2.75, 3.05) is 5.88 Å². The van der Waals surface area contributed by atoms with E-state index in [0.717, 1.165) is 30.0 Å². The Morgan fingerprint density at radius 1 is 1.37 bits per heavy atom. The van der Waals surface area contributed by atoms with E-state index in [1.54, 1.807) is 0 Å². The Morgan fingerprint density at radius 2 is 2.16 bits per heavy atom. The SMILES string of the molecule is CC1(Cn2c(CCCl)nc3cccnc32)CCCC1. The number of fused-ring (bicyclic) bond motifs is 1. The van der Waals surface area contributed by atoms with Crippen LogP contribution in [0.25, 0.3) is 11.2 Å². The Hall–Kier alpha value is -1.09. The van der Waals surface area contributed by atoms with Gasteiger partial charge in [-0.05, 0) is 30.4 Å². The second-order valence-electron chi connectivity index (χ2n) is 5.92. The lowest BCUT2D eigenvalue weighted by atomic mass is 9.89. The average molecular weight is 278 g/mol. The fourth-order valence-electron chi connectivity index (χ4n) is 3.22. The molecule has 0 aromatic carbocycles. The molecule has 0 saturated heterocycles. The molecule has 0 spiro atoms. The Bertz CT molecular complexity index is 570. The summed E-state index contributed by atoms with van der Waals surface area (Å²) in [6.07, 6.45) is 7.97. The number of hydrogen-bond acceptors (Lipinski definition) is 2. The lowest BCUT2D eigenvalue weighted by Crippen LogP contribution is -2.21. The summed E-state index contributed by atoms with van der Waals surface area (Å²) >= 11 is 5.91. The standard InChI is InChI=1S/C15H20ClN3/c1-15(7-2-3-8-15)11-19-13(6-9-16)18-12-5-4-10-17-14(12)19/h4-5,10H,2-3,6-9,11H2,1H3. The van der Waals surface area contributed by atoms with E-state index in [9.17, 15) is 0 Å². The van der Waals surface area contributed by atoms with Crippen LogP contribution in [0.15, 0.2) is 18.3 Å². The monoisotopic (exact) mass is 277 g/mol. The van der Waals surface area contributed by atoms with E-state index < -0.39 is 0 Å². The Kier molecular flexibility index (Phi) is 3.48. The minimum atomic E-state index is 0.395. The zero-order valence-corrected chi connectivity index (χ0v) is 12.2. The van der Waals surface area contributed by atoms with Crippen LogP contribution >= 0.6 is 11.6 Å². The van der Waals surface area contributed by atoms with E-state index in [1.165, 1.54) is 25.7 Å². The normalized spacial score (nSPS) is 18.2. The third-order valence-corrected chi connectivity index (χ3v) is 4.44. The summed E-state index contributed by atoms with van der Waals surface area (Å²) in [4.78, 5) is 9.21. The molecule has 1 aliphatic rings. The van der Waals surface area contributed by atoms with Crippen LogP contribution in [0.2, 0.25) is 0 Å². The van der Waals surface area contributed by atoms with Crippen molar-refractivity contribution in [3.05, 3.63) is 24.2 Å². The molecule has 102 valence electrons. The van der Waals surface area contributed by atoms with Gasteiger partial charge in [0.1, 0.15) is 11.3 Å². The van der Waals surface area contributed by atoms with Crippen molar-refractivity contribution in [1.82, 2.24) is 14.5 Å². The predicted octanol–water partition coefficient (Wildman–Crippen LogP) is 3.79. The number of aryl methyl sites for hydroxylation is 1. The molecule has 2 aromatic heterocycles. The van der Waals surface area contributed by atoms with Gasteiger partial charge in [-0.1, -0.05) is 19.8 Å². The first-order valence-electron chi connectivity index (χ1n) is 7.08. The second kappa shape index (κ2) is 5.12. The Labute approximate surface area is 119 Å². The minimum Gasteiger partial charge on any atom is -0.312 e. The van der Waals surface area contributed by atoms with Crippen LogP contribution in [0, 0.1) is 5.41 Å². The van der Waals surface area contributed by atoms with Crippen LogP contribution in [0.1, 0.15) is 38.4 Å². The van der Waals surface area contributed by atoms with Gasteiger partial charge >= 0.3 is 0 Å². The van der Waals surface area contributed by atoms with Crippen molar-refractivity contribution in [3.8, 4) is 0 Å². The molecule has 0 N–H and O–H groups in total. The summed E-state index contributed by atoms with van der Waals surface area (Å²) in [5.74, 6) is 1.69. The smallest absolute Gasteiger partial charge is 0.160 e. The number of halogens is 1. The molecule has 1 saturated carbocycles. The molecule has 0 radical (unpaired) electrons. The van der Waals surface area contributed by atoms with E-state index >= 15 is 0 Å². The molecular weight excluding hydrogens is 258 g/mol. The van der Waals surface area contributed by atoms with Crippen molar-refractivity contribution in [1.29, 1.82) is 0 Å². The molecular formula is C15H20ClN3. The summed E-state index contributed by atoms with van der Waals surface area (Å²) in [6.45, 7) is 3.41. The second-order valence-corrected chi connectivity index (χ2v) is 6.30. The van der Waals surface area contributed by atoms with Crippen LogP contribution in [-0.2, 0) is 13.0 Å². The van der Waals surface area contributed by atoms with Crippen LogP contribution < -0.4 is 0 Å². The lowest BCUT2D eigenvalue weighted by Gasteiger charge is -2.25. The molecule has 3 rings (SSSR count). The number of pyridine rings is 1. The van der Waals surface area contributed by atoms with Crippen LogP contribution in [-0.4, -0.2) is 20.4 Å². The van der Waals surface area contributed by atoms with Crippen molar-refractivity contribution in [2.45, 2.75) is 45.6 Å². The first kappa shape index (κ1) is 12.9. The van der Waals surface area contributed by atoms with Crippen molar-refractivity contribution < 1.29 is 0 Å². The van der Waals surface area contributed by atoms with Crippen LogP contribution in [0.5, 0.6) is 0 Å². The summed E-state index contributed by atoms with van der Waals surface area (Å²) in [5, 5.41) is 0. The highest BCUT2D eigenvalue weighted by molar-refractivity contribution is 6.17. The van der Waals surface area contributed by atoms with E-state index in [2.05, 4.69) is 16.5 Å². The maximum Gasteiger partial charge on any atom is 0.160 e. The number of aromatic nitrogens is 3. The first-order valence-corrected chi connectivity index (χ1v) is 7.61. The maximum absolute atomic E-state index is 5.91. The molecule has 1 aliphatic carbocycles. The maximum atomic E-state index is 5.91. The van der Waals surface area contributed by atoms with Gasteiger partial charge in [-0.25, -0.2) is 9.97 Å². The van der Waals surface area contributed by atoms with Gasteiger partial charge in [0, 0.05) is 25.0 Å². The highest BCUT2D eigenvalue weighted by Crippen LogP contribution is 2.39. The average Bonchev–Trinajstić information content (AvgIpc) is 2.97. The molecule has 0 bridgehead atoms. The fraction of sp³-hybridized carbons (Fsp3) is 0.600. The van der Waals surface area contributed by atoms with Gasteiger partial charge < -0.3 is 4.57 Å². The molecule has 3 nitrogen and oxygen atoms in total. The summed E-state index contributed by atoms with van der Waals surface area (Å²) in [6, 6.07) is 3.98. The van der Waals surface area contributed by atoms with Crippen molar-refractivity contribution in [3.63, 3.8) is 0 Å². The van der Waals surface area contributed by atoms with Crippen molar-refractivity contribution in [2.24, 2.45) is 5.41 Å². The predicted molar refractivity (Wildman–Crippen MR) is 78.5 cm³/mol. The number of nitrogens with zero attached hydrogens (tertiary/aromatic N) is 3. The Morgan fingerprint density at radius 3 is 2.89 bits per heavy atom. The van der Waals surface area contributed by atoms with Gasteiger partial charge in [-0.2, -0.15) is 0 Å². The number of rotatable bonds is 4. The first-order chi connectivity index (χ1) is 9.22. The molecule has 0 unspecified atom stereocenters. The quantitative estimate of drug-likeness (QED) is 0.796. The van der Waals surface area contributed by atoms with E-state index in [-0.39, 0.29) is 0 Å². The number of hydrogen-bond donors (Lipinski definition) is 0. The number of imidazole rings is 1. The van der Waals surface area contributed by atoms with Gasteiger partial charge in [0.05, 0.1) is 0 Å². The Balaban J connectivity index is 2.01. The molecule has 2 heterocycles. The van der Waals surface area contributed by atoms with Gasteiger partial charge in [0.25, 0.3) is 0 Å². The van der Waals surface area contributed by atoms with Gasteiger partial charge in [-0.3, -0.25) is 0 Å². The third-order valence-electron chi connectivity index (χ3n) is 4.25. The van der Waals surface area contributed by atoms with Crippen LogP contribution in [0.3, 0.4) is 0 Å². The third kappa shape index (κ3) is 2.48. The highest BCUT2D eigenvalue weighted by atomic mass is 35.5. The fourth-order valence-corrected chi connectivity index (χ4v) is 3.38. The topological polar surface area (TPSA) is 30.7 Å². The zero-order chi connectivity index (χ0) is 13.3. The summed E-state index contributed by atoms with van der Waals surface area (Å²) < 4.78 is 2.29. The van der Waals surface area contributed by atoms with E-state index in [1.807, 2.05) is 18.3 Å². The minimum absolute atomic E-state index is 0.395. The zero-order valence-electron chi connectivity index (χ0n) is 11.4.